The lowest BCUT2D eigenvalue weighted by atomic mass is 10.1. The molecular weight excluding hydrogens is 373 g/mol. The number of amides is 2. The van der Waals surface area contributed by atoms with Gasteiger partial charge in [0.05, 0.1) is 44.0 Å². The molecule has 2 saturated heterocycles. The van der Waals surface area contributed by atoms with Crippen molar-refractivity contribution in [2.75, 3.05) is 36.0 Å². The number of hydrogen-bond acceptors (Lipinski definition) is 4. The molecule has 150 valence electrons. The molecule has 0 unspecified atom stereocenters. The molecule has 2 amide bonds. The number of benzene rings is 2. The van der Waals surface area contributed by atoms with Gasteiger partial charge in [-0.05, 0) is 31.2 Å². The molecule has 2 aliphatic heterocycles. The zero-order valence-corrected chi connectivity index (χ0v) is 16.2. The number of para-hydroxylation sites is 1. The van der Waals surface area contributed by atoms with Crippen LogP contribution in [-0.2, 0) is 9.59 Å². The summed E-state index contributed by atoms with van der Waals surface area (Å²) in [6.45, 7) is 4.00. The second-order valence-corrected chi connectivity index (χ2v) is 7.53. The van der Waals surface area contributed by atoms with Crippen molar-refractivity contribution in [1.29, 1.82) is 0 Å². The Kier molecular flexibility index (Phi) is 5.15. The van der Waals surface area contributed by atoms with Crippen molar-refractivity contribution < 1.29 is 23.7 Å². The highest BCUT2D eigenvalue weighted by molar-refractivity contribution is 6.22. The Morgan fingerprint density at radius 1 is 1.07 bits per heavy atom. The second-order valence-electron chi connectivity index (χ2n) is 7.53. The first-order valence-corrected chi connectivity index (χ1v) is 9.77. The first-order valence-electron chi connectivity index (χ1n) is 9.77. The van der Waals surface area contributed by atoms with Gasteiger partial charge in [-0.15, -0.1) is 0 Å². The maximum Gasteiger partial charge on any atom is 0.292 e. The van der Waals surface area contributed by atoms with E-state index in [1.807, 2.05) is 11.0 Å². The fourth-order valence-corrected chi connectivity index (χ4v) is 4.18. The van der Waals surface area contributed by atoms with E-state index in [9.17, 15) is 18.8 Å². The molecule has 0 bridgehead atoms. The van der Waals surface area contributed by atoms with E-state index in [4.69, 9.17) is 0 Å². The Balaban J connectivity index is 1.47. The van der Waals surface area contributed by atoms with Gasteiger partial charge in [-0.2, -0.15) is 0 Å². The van der Waals surface area contributed by atoms with Crippen LogP contribution >= 0.6 is 0 Å². The van der Waals surface area contributed by atoms with Crippen molar-refractivity contribution in [3.05, 3.63) is 59.9 Å². The van der Waals surface area contributed by atoms with Crippen LogP contribution in [0.4, 0.5) is 15.8 Å². The van der Waals surface area contributed by atoms with Crippen LogP contribution in [0.25, 0.3) is 0 Å². The zero-order valence-electron chi connectivity index (χ0n) is 16.2. The number of nitrogens with one attached hydrogen (secondary N) is 1. The molecular formula is C22H23FN3O3+. The Hall–Kier alpha value is -3.06. The van der Waals surface area contributed by atoms with E-state index in [0.29, 0.717) is 43.1 Å². The van der Waals surface area contributed by atoms with Gasteiger partial charge < -0.3 is 9.80 Å². The molecule has 2 aromatic carbocycles. The maximum atomic E-state index is 14.0. The van der Waals surface area contributed by atoms with Crippen LogP contribution in [0.3, 0.4) is 0 Å². The molecule has 1 atom stereocenters. The molecule has 4 rings (SSSR count). The monoisotopic (exact) mass is 396 g/mol. The highest BCUT2D eigenvalue weighted by Gasteiger charge is 2.46. The fourth-order valence-electron chi connectivity index (χ4n) is 4.18. The molecule has 0 aromatic heterocycles. The summed E-state index contributed by atoms with van der Waals surface area (Å²) < 4.78 is 14.0. The summed E-state index contributed by atoms with van der Waals surface area (Å²) >= 11 is 0. The van der Waals surface area contributed by atoms with Gasteiger partial charge in [-0.25, -0.2) is 9.29 Å². The first-order chi connectivity index (χ1) is 14.0. The van der Waals surface area contributed by atoms with E-state index in [-0.39, 0.29) is 29.8 Å². The molecule has 29 heavy (non-hydrogen) atoms. The minimum atomic E-state index is -0.439. The van der Waals surface area contributed by atoms with Gasteiger partial charge in [0.1, 0.15) is 5.82 Å². The van der Waals surface area contributed by atoms with Crippen LogP contribution in [0.1, 0.15) is 23.7 Å². The Bertz CT molecular complexity index is 969. The molecule has 2 aromatic rings. The number of hydrogen-bond donors (Lipinski definition) is 1. The van der Waals surface area contributed by atoms with Gasteiger partial charge in [0.2, 0.25) is 5.91 Å². The predicted molar refractivity (Wildman–Crippen MR) is 107 cm³/mol. The molecule has 0 radical (unpaired) electrons. The second kappa shape index (κ2) is 7.75. The Morgan fingerprint density at radius 2 is 1.79 bits per heavy atom. The molecule has 2 aliphatic rings. The zero-order chi connectivity index (χ0) is 20.5. The van der Waals surface area contributed by atoms with Gasteiger partial charge >= 0.3 is 0 Å². The molecule has 0 saturated carbocycles. The van der Waals surface area contributed by atoms with Crippen molar-refractivity contribution in [2.24, 2.45) is 0 Å². The maximum absolute atomic E-state index is 14.0. The third-order valence-corrected chi connectivity index (χ3v) is 5.75. The van der Waals surface area contributed by atoms with Crippen LogP contribution in [0.5, 0.6) is 0 Å². The summed E-state index contributed by atoms with van der Waals surface area (Å²) in [6, 6.07) is 12.9. The van der Waals surface area contributed by atoms with Crippen molar-refractivity contribution in [3.8, 4) is 0 Å². The van der Waals surface area contributed by atoms with Gasteiger partial charge in [0, 0.05) is 5.56 Å². The summed E-state index contributed by atoms with van der Waals surface area (Å²) in [5.41, 5.74) is 1.49. The number of piperazine rings is 1. The molecule has 1 N–H and O–H groups in total. The highest BCUT2D eigenvalue weighted by Crippen LogP contribution is 2.24. The van der Waals surface area contributed by atoms with E-state index < -0.39 is 6.04 Å². The van der Waals surface area contributed by atoms with Gasteiger partial charge in [-0.3, -0.25) is 14.4 Å². The smallest absolute Gasteiger partial charge is 0.292 e. The SMILES string of the molecule is CC(=O)c1cccc(N2C(=O)C[C@H]([NH+]3CCN(c4ccccc4F)CC3)C2=O)c1. The van der Waals surface area contributed by atoms with Crippen molar-refractivity contribution in [2.45, 2.75) is 19.4 Å². The number of nitrogens with zero attached hydrogens (tertiary/aromatic N) is 2. The van der Waals surface area contributed by atoms with E-state index in [2.05, 4.69) is 0 Å². The van der Waals surface area contributed by atoms with E-state index in [0.717, 1.165) is 4.90 Å². The van der Waals surface area contributed by atoms with Crippen LogP contribution in [0.2, 0.25) is 0 Å². The largest absolute Gasteiger partial charge is 0.358 e. The van der Waals surface area contributed by atoms with E-state index in [1.54, 1.807) is 36.4 Å². The van der Waals surface area contributed by atoms with Gasteiger partial charge in [-0.1, -0.05) is 24.3 Å². The standard InChI is InChI=1S/C22H22FN3O3/c1-15(27)16-5-4-6-17(13-16)26-21(28)14-20(22(26)29)25-11-9-24(10-12-25)19-8-3-2-7-18(19)23/h2-8,13,20H,9-12,14H2,1H3/p+1/t20-/m0/s1. The third-order valence-electron chi connectivity index (χ3n) is 5.75. The van der Waals surface area contributed by atoms with Crippen molar-refractivity contribution in [1.82, 2.24) is 0 Å². The normalized spacial score (nSPS) is 20.4. The van der Waals surface area contributed by atoms with Crippen LogP contribution in [0, 0.1) is 5.82 Å². The number of Topliss-reactive ketones (excluding diaryl/α,β-unsaturated/α-hetero) is 1. The average molecular weight is 396 g/mol. The highest BCUT2D eigenvalue weighted by atomic mass is 19.1. The van der Waals surface area contributed by atoms with Crippen LogP contribution < -0.4 is 14.7 Å². The lowest BCUT2D eigenvalue weighted by molar-refractivity contribution is -0.915. The molecule has 6 nitrogen and oxygen atoms in total. The van der Waals surface area contributed by atoms with Crippen molar-refractivity contribution in [3.63, 3.8) is 0 Å². The molecule has 0 spiro atoms. The number of quaternary nitrogens is 1. The summed E-state index contributed by atoms with van der Waals surface area (Å²) in [5, 5.41) is 0. The molecule has 2 fully saturated rings. The predicted octanol–water partition coefficient (Wildman–Crippen LogP) is 1.07. The summed E-state index contributed by atoms with van der Waals surface area (Å²) in [5.74, 6) is -0.841. The molecule has 0 aliphatic carbocycles. The average Bonchev–Trinajstić information content (AvgIpc) is 3.02. The number of halogens is 1. The molecule has 2 heterocycles. The quantitative estimate of drug-likeness (QED) is 0.620. The van der Waals surface area contributed by atoms with Crippen molar-refractivity contribution >= 4 is 29.0 Å². The summed E-state index contributed by atoms with van der Waals surface area (Å²) in [6.07, 6.45) is 0.151. The van der Waals surface area contributed by atoms with Gasteiger partial charge in [0.25, 0.3) is 5.91 Å². The molecule has 7 heteroatoms. The van der Waals surface area contributed by atoms with Crippen LogP contribution in [-0.4, -0.2) is 49.8 Å². The van der Waals surface area contributed by atoms with E-state index in [1.165, 1.54) is 17.9 Å². The van der Waals surface area contributed by atoms with E-state index >= 15 is 0 Å². The number of rotatable bonds is 4. The number of carbonyl (C=O) groups excluding carboxylic acids is 3. The first kappa shape index (κ1) is 19.3. The summed E-state index contributed by atoms with van der Waals surface area (Å²) in [7, 11) is 0. The Labute approximate surface area is 168 Å². The minimum absolute atomic E-state index is 0.114. The van der Waals surface area contributed by atoms with Crippen LogP contribution in [0.15, 0.2) is 48.5 Å². The van der Waals surface area contributed by atoms with Gasteiger partial charge in [0.15, 0.2) is 11.8 Å². The summed E-state index contributed by atoms with van der Waals surface area (Å²) in [4.78, 5) is 41.5. The lowest BCUT2D eigenvalue weighted by Crippen LogP contribution is -3.19. The lowest BCUT2D eigenvalue weighted by Gasteiger charge is -2.35. The third kappa shape index (κ3) is 3.65. The number of anilines is 2. The minimum Gasteiger partial charge on any atom is -0.358 e. The number of imide groups is 1. The number of carbonyl (C=O) groups is 3. The topological polar surface area (TPSA) is 62.1 Å². The fraction of sp³-hybridized carbons (Fsp3) is 0.318. The number of ketones is 1. The Morgan fingerprint density at radius 3 is 2.48 bits per heavy atom.